The minimum atomic E-state index is -0.671. The van der Waals surface area contributed by atoms with Crippen LogP contribution in [-0.4, -0.2) is 14.5 Å². The number of pyridine rings is 1. The molecule has 78 valence electrons. The lowest BCUT2D eigenvalue weighted by molar-refractivity contribution is 0.857. The van der Waals surface area contributed by atoms with E-state index in [9.17, 15) is 14.4 Å². The summed E-state index contributed by atoms with van der Waals surface area (Å²) in [6.45, 7) is 1.70. The van der Waals surface area contributed by atoms with E-state index in [1.54, 1.807) is 20.2 Å². The van der Waals surface area contributed by atoms with Crippen LogP contribution in [0.4, 0.5) is 0 Å². The first kappa shape index (κ1) is 9.45. The molecule has 0 spiro atoms. The average Bonchev–Trinajstić information content (AvgIpc) is 2.12. The molecule has 6 nitrogen and oxygen atoms in total. The van der Waals surface area contributed by atoms with E-state index in [0.717, 1.165) is 0 Å². The number of H-pyrrole nitrogens is 2. The number of aryl methyl sites for hydroxylation is 2. The molecule has 0 atom stereocenters. The van der Waals surface area contributed by atoms with Crippen molar-refractivity contribution in [3.63, 3.8) is 0 Å². The third kappa shape index (κ3) is 1.30. The van der Waals surface area contributed by atoms with Crippen molar-refractivity contribution < 1.29 is 0 Å². The maximum absolute atomic E-state index is 11.6. The van der Waals surface area contributed by atoms with Crippen LogP contribution in [0, 0.1) is 6.92 Å². The Balaban J connectivity index is 3.25. The van der Waals surface area contributed by atoms with Crippen LogP contribution in [0.3, 0.4) is 0 Å². The number of nitrogens with zero attached hydrogens (tertiary/aromatic N) is 1. The lowest BCUT2D eigenvalue weighted by Gasteiger charge is -2.03. The van der Waals surface area contributed by atoms with Crippen LogP contribution in [0.2, 0.25) is 0 Å². The first-order chi connectivity index (χ1) is 7.00. The summed E-state index contributed by atoms with van der Waals surface area (Å²) in [5.41, 5.74) is -0.909. The van der Waals surface area contributed by atoms with E-state index in [0.29, 0.717) is 5.56 Å². The molecule has 0 aliphatic heterocycles. The highest BCUT2D eigenvalue weighted by atomic mass is 16.2. The second-order valence-electron chi connectivity index (χ2n) is 3.39. The van der Waals surface area contributed by atoms with Gasteiger partial charge in [-0.2, -0.15) is 0 Å². The second kappa shape index (κ2) is 2.94. The van der Waals surface area contributed by atoms with E-state index in [4.69, 9.17) is 0 Å². The van der Waals surface area contributed by atoms with Gasteiger partial charge in [0.25, 0.3) is 11.1 Å². The highest BCUT2D eigenvalue weighted by Crippen LogP contribution is 2.04. The van der Waals surface area contributed by atoms with Crippen LogP contribution in [-0.2, 0) is 7.05 Å². The SMILES string of the molecule is Cc1cn(C)c(=O)c2[nH]c(=O)[nH]c(=O)c12. The number of rotatable bonds is 0. The highest BCUT2D eigenvalue weighted by molar-refractivity contribution is 5.79. The van der Waals surface area contributed by atoms with Crippen LogP contribution in [0.25, 0.3) is 10.9 Å². The predicted molar refractivity (Wildman–Crippen MR) is 55.2 cm³/mol. The van der Waals surface area contributed by atoms with Crippen LogP contribution in [0.15, 0.2) is 20.6 Å². The lowest BCUT2D eigenvalue weighted by Crippen LogP contribution is -2.28. The van der Waals surface area contributed by atoms with Gasteiger partial charge in [-0.3, -0.25) is 14.6 Å². The van der Waals surface area contributed by atoms with Gasteiger partial charge in [-0.1, -0.05) is 0 Å². The van der Waals surface area contributed by atoms with Gasteiger partial charge in [-0.05, 0) is 12.5 Å². The molecule has 0 amide bonds. The van der Waals surface area contributed by atoms with Gasteiger partial charge in [-0.15, -0.1) is 0 Å². The minimum absolute atomic E-state index is 0.0475. The smallest absolute Gasteiger partial charge is 0.317 e. The standard InChI is InChI=1S/C9H9N3O3/c1-4-3-12(2)8(14)6-5(4)7(13)11-9(15)10-6/h3H,1-2H3,(H2,10,11,13,15). The Morgan fingerprint density at radius 1 is 1.20 bits per heavy atom. The highest BCUT2D eigenvalue weighted by Gasteiger charge is 2.08. The molecular weight excluding hydrogens is 198 g/mol. The molecular formula is C9H9N3O3. The number of hydrogen-bond donors (Lipinski definition) is 2. The van der Waals surface area contributed by atoms with Gasteiger partial charge in [0.1, 0.15) is 5.52 Å². The number of hydrogen-bond acceptors (Lipinski definition) is 3. The van der Waals surface area contributed by atoms with E-state index < -0.39 is 11.2 Å². The van der Waals surface area contributed by atoms with Crippen molar-refractivity contribution in [1.82, 2.24) is 14.5 Å². The van der Waals surface area contributed by atoms with Crippen LogP contribution in [0.1, 0.15) is 5.56 Å². The quantitative estimate of drug-likeness (QED) is 0.594. The fraction of sp³-hybridized carbons (Fsp3) is 0.222. The molecule has 2 N–H and O–H groups in total. The Kier molecular flexibility index (Phi) is 1.85. The molecule has 0 radical (unpaired) electrons. The van der Waals surface area contributed by atoms with Gasteiger partial charge in [-0.25, -0.2) is 4.79 Å². The van der Waals surface area contributed by atoms with E-state index >= 15 is 0 Å². The molecule has 2 aromatic rings. The fourth-order valence-corrected chi connectivity index (χ4v) is 1.61. The summed E-state index contributed by atoms with van der Waals surface area (Å²) in [5.74, 6) is 0. The zero-order valence-electron chi connectivity index (χ0n) is 8.25. The number of nitrogens with one attached hydrogen (secondary N) is 2. The van der Waals surface area contributed by atoms with Gasteiger partial charge < -0.3 is 9.55 Å². The van der Waals surface area contributed by atoms with E-state index in [1.165, 1.54) is 4.57 Å². The largest absolute Gasteiger partial charge is 0.326 e. The van der Waals surface area contributed by atoms with Gasteiger partial charge in [0, 0.05) is 13.2 Å². The summed E-state index contributed by atoms with van der Waals surface area (Å²) in [6.07, 6.45) is 1.55. The topological polar surface area (TPSA) is 87.7 Å². The van der Waals surface area contributed by atoms with E-state index in [1.807, 2.05) is 0 Å². The van der Waals surface area contributed by atoms with Gasteiger partial charge in [0.15, 0.2) is 0 Å². The molecule has 15 heavy (non-hydrogen) atoms. The predicted octanol–water partition coefficient (Wildman–Crippen LogP) is -0.776. The molecule has 2 rings (SSSR count). The van der Waals surface area contributed by atoms with Crippen molar-refractivity contribution in [2.75, 3.05) is 0 Å². The molecule has 2 heterocycles. The molecule has 0 saturated carbocycles. The van der Waals surface area contributed by atoms with Gasteiger partial charge in [0.2, 0.25) is 0 Å². The Labute approximate surface area is 83.2 Å². The average molecular weight is 207 g/mol. The fourth-order valence-electron chi connectivity index (χ4n) is 1.61. The summed E-state index contributed by atoms with van der Waals surface area (Å²) < 4.78 is 1.33. The molecule has 0 fully saturated rings. The number of aromatic amines is 2. The molecule has 0 bridgehead atoms. The summed E-state index contributed by atoms with van der Waals surface area (Å²) in [4.78, 5) is 38.5. The van der Waals surface area contributed by atoms with Crippen LogP contribution < -0.4 is 16.8 Å². The monoisotopic (exact) mass is 207 g/mol. The summed E-state index contributed by atoms with van der Waals surface area (Å²) in [6, 6.07) is 0. The zero-order chi connectivity index (χ0) is 11.2. The van der Waals surface area contributed by atoms with Crippen molar-refractivity contribution in [2.45, 2.75) is 6.92 Å². The zero-order valence-corrected chi connectivity index (χ0v) is 8.25. The summed E-state index contributed by atoms with van der Waals surface area (Å²) in [7, 11) is 1.56. The maximum atomic E-state index is 11.6. The third-order valence-electron chi connectivity index (χ3n) is 2.26. The van der Waals surface area contributed by atoms with E-state index in [-0.39, 0.29) is 16.5 Å². The molecule has 2 aromatic heterocycles. The Morgan fingerprint density at radius 2 is 1.87 bits per heavy atom. The third-order valence-corrected chi connectivity index (χ3v) is 2.26. The first-order valence-corrected chi connectivity index (χ1v) is 4.33. The Bertz CT molecular complexity index is 705. The summed E-state index contributed by atoms with van der Waals surface area (Å²) in [5, 5.41) is 0.234. The van der Waals surface area contributed by atoms with Crippen molar-refractivity contribution in [3.05, 3.63) is 43.0 Å². The van der Waals surface area contributed by atoms with Crippen molar-refractivity contribution in [2.24, 2.45) is 7.05 Å². The normalized spacial score (nSPS) is 10.8. The Hall–Kier alpha value is -2.11. The van der Waals surface area contributed by atoms with E-state index in [2.05, 4.69) is 9.97 Å². The molecule has 0 aromatic carbocycles. The molecule has 0 unspecified atom stereocenters. The van der Waals surface area contributed by atoms with Crippen LogP contribution >= 0.6 is 0 Å². The first-order valence-electron chi connectivity index (χ1n) is 4.33. The molecule has 0 aliphatic rings. The molecule has 0 aliphatic carbocycles. The Morgan fingerprint density at radius 3 is 2.53 bits per heavy atom. The lowest BCUT2D eigenvalue weighted by atomic mass is 10.2. The number of fused-ring (bicyclic) bond motifs is 1. The minimum Gasteiger partial charge on any atom is -0.317 e. The van der Waals surface area contributed by atoms with Crippen molar-refractivity contribution in [1.29, 1.82) is 0 Å². The maximum Gasteiger partial charge on any atom is 0.326 e. The van der Waals surface area contributed by atoms with Crippen LogP contribution in [0.5, 0.6) is 0 Å². The molecule has 0 saturated heterocycles. The van der Waals surface area contributed by atoms with Crippen molar-refractivity contribution >= 4 is 10.9 Å². The van der Waals surface area contributed by atoms with Gasteiger partial charge in [0.05, 0.1) is 5.39 Å². The van der Waals surface area contributed by atoms with Crippen molar-refractivity contribution in [3.8, 4) is 0 Å². The molecule has 6 heteroatoms. The number of aromatic nitrogens is 3. The summed E-state index contributed by atoms with van der Waals surface area (Å²) >= 11 is 0. The second-order valence-corrected chi connectivity index (χ2v) is 3.39. The van der Waals surface area contributed by atoms with Gasteiger partial charge >= 0.3 is 5.69 Å².